The Hall–Kier alpha value is -3.27. The average Bonchev–Trinajstić information content (AvgIpc) is 3.27. The Morgan fingerprint density at radius 3 is 2.23 bits per heavy atom. The van der Waals surface area contributed by atoms with Gasteiger partial charge in [0.1, 0.15) is 16.8 Å². The average molecular weight is 453 g/mol. The molecule has 0 saturated carbocycles. The van der Waals surface area contributed by atoms with E-state index in [1.54, 1.807) is 0 Å². The molecular weight excluding hydrogens is 435 g/mol. The Kier molecular flexibility index (Phi) is 6.40. The van der Waals surface area contributed by atoms with Crippen LogP contribution in [0.25, 0.3) is 0 Å². The van der Waals surface area contributed by atoms with Gasteiger partial charge in [-0.1, -0.05) is 0 Å². The van der Waals surface area contributed by atoms with Crippen molar-refractivity contribution in [2.24, 2.45) is 0 Å². The van der Waals surface area contributed by atoms with Gasteiger partial charge >= 0.3 is 6.18 Å². The highest BCUT2D eigenvalue weighted by atomic mass is 32.2. The van der Waals surface area contributed by atoms with Gasteiger partial charge in [0.25, 0.3) is 5.91 Å². The summed E-state index contributed by atoms with van der Waals surface area (Å²) < 4.78 is 74.7. The molecule has 3 aromatic rings. The molecule has 10 heteroatoms. The molecule has 164 valence electrons. The van der Waals surface area contributed by atoms with Crippen LogP contribution < -0.4 is 10.1 Å². The number of hydrogen-bond donors (Lipinski definition) is 1. The summed E-state index contributed by atoms with van der Waals surface area (Å²) >= 11 is 0. The zero-order valence-corrected chi connectivity index (χ0v) is 17.0. The number of furan rings is 1. The van der Waals surface area contributed by atoms with Gasteiger partial charge < -0.3 is 14.5 Å². The van der Waals surface area contributed by atoms with Crippen LogP contribution in [0.1, 0.15) is 26.9 Å². The van der Waals surface area contributed by atoms with E-state index in [-0.39, 0.29) is 22.8 Å². The summed E-state index contributed by atoms with van der Waals surface area (Å²) in [6.07, 6.45) is -3.21. The second kappa shape index (κ2) is 8.84. The molecule has 1 aromatic heterocycles. The van der Waals surface area contributed by atoms with Gasteiger partial charge in [-0.25, -0.2) is 8.42 Å². The van der Waals surface area contributed by atoms with Crippen LogP contribution in [0.2, 0.25) is 0 Å². The number of alkyl halides is 3. The second-order valence-electron chi connectivity index (χ2n) is 6.51. The molecule has 0 radical (unpaired) electrons. The molecule has 0 aliphatic carbocycles. The number of benzene rings is 2. The topological polar surface area (TPSA) is 85.6 Å². The Morgan fingerprint density at radius 1 is 1.06 bits per heavy atom. The van der Waals surface area contributed by atoms with Crippen LogP contribution in [0, 0.1) is 0 Å². The summed E-state index contributed by atoms with van der Waals surface area (Å²) in [6, 6.07) is 12.3. The largest absolute Gasteiger partial charge is 0.497 e. The zero-order valence-electron chi connectivity index (χ0n) is 16.2. The number of halogens is 3. The molecule has 3 rings (SSSR count). The lowest BCUT2D eigenvalue weighted by molar-refractivity contribution is -0.137. The number of rotatable bonds is 7. The van der Waals surface area contributed by atoms with Crippen LogP contribution in [0.4, 0.5) is 13.2 Å². The van der Waals surface area contributed by atoms with Crippen molar-refractivity contribution in [1.82, 2.24) is 5.32 Å². The SMILES string of the molecule is COc1ccc(S(=O)(=O)C(CNC(=O)c2ccc(C(F)(F)F)cc2)c2ccco2)cc1. The van der Waals surface area contributed by atoms with Crippen molar-refractivity contribution in [3.05, 3.63) is 83.8 Å². The highest BCUT2D eigenvalue weighted by molar-refractivity contribution is 7.91. The predicted molar refractivity (Wildman–Crippen MR) is 105 cm³/mol. The number of carbonyl (C=O) groups is 1. The molecule has 1 N–H and O–H groups in total. The maximum absolute atomic E-state index is 13.2. The molecular formula is C21H18F3NO5S. The van der Waals surface area contributed by atoms with Crippen LogP contribution in [0.15, 0.2) is 76.2 Å². The van der Waals surface area contributed by atoms with E-state index in [0.717, 1.165) is 24.3 Å². The first-order valence-corrected chi connectivity index (χ1v) is 10.5. The van der Waals surface area contributed by atoms with Crippen LogP contribution in [0.5, 0.6) is 5.75 Å². The number of ether oxygens (including phenoxy) is 1. The number of hydrogen-bond acceptors (Lipinski definition) is 5. The van der Waals surface area contributed by atoms with Gasteiger partial charge in [-0.15, -0.1) is 0 Å². The molecule has 0 fully saturated rings. The second-order valence-corrected chi connectivity index (χ2v) is 8.64. The van der Waals surface area contributed by atoms with Gasteiger partial charge in [-0.3, -0.25) is 4.79 Å². The van der Waals surface area contributed by atoms with E-state index < -0.39 is 32.7 Å². The predicted octanol–water partition coefficient (Wildman–Crippen LogP) is 4.25. The number of nitrogens with one attached hydrogen (secondary N) is 1. The van der Waals surface area contributed by atoms with Crippen molar-refractivity contribution in [3.8, 4) is 5.75 Å². The summed E-state index contributed by atoms with van der Waals surface area (Å²) in [7, 11) is -2.52. The molecule has 6 nitrogen and oxygen atoms in total. The third kappa shape index (κ3) is 5.08. The molecule has 31 heavy (non-hydrogen) atoms. The Morgan fingerprint density at radius 2 is 1.71 bits per heavy atom. The first kappa shape index (κ1) is 22.4. The van der Waals surface area contributed by atoms with Crippen molar-refractivity contribution in [3.63, 3.8) is 0 Å². The van der Waals surface area contributed by atoms with E-state index in [1.807, 2.05) is 0 Å². The van der Waals surface area contributed by atoms with Gasteiger partial charge in [-0.2, -0.15) is 13.2 Å². The molecule has 1 heterocycles. The summed E-state index contributed by atoms with van der Waals surface area (Å²) in [5, 5.41) is 1.22. The standard InChI is InChI=1S/C21H18F3NO5S/c1-29-16-8-10-17(11-9-16)31(27,28)19(18-3-2-12-30-18)13-25-20(26)14-4-6-15(7-5-14)21(22,23)24/h2-12,19H,13H2,1H3,(H,25,26). The minimum atomic E-state index is -4.52. The molecule has 0 aliphatic heterocycles. The van der Waals surface area contributed by atoms with Crippen molar-refractivity contribution in [2.75, 3.05) is 13.7 Å². The van der Waals surface area contributed by atoms with Gasteiger partial charge in [0, 0.05) is 12.1 Å². The Labute approximate surface area is 176 Å². The van der Waals surface area contributed by atoms with E-state index in [1.165, 1.54) is 49.8 Å². The third-order valence-corrected chi connectivity index (χ3v) is 6.62. The fourth-order valence-corrected chi connectivity index (χ4v) is 4.45. The van der Waals surface area contributed by atoms with Crippen LogP contribution in [-0.4, -0.2) is 28.0 Å². The van der Waals surface area contributed by atoms with Gasteiger partial charge in [0.2, 0.25) is 0 Å². The summed E-state index contributed by atoms with van der Waals surface area (Å²) in [5.74, 6) is -0.122. The molecule has 0 aliphatic rings. The quantitative estimate of drug-likeness (QED) is 0.578. The first-order valence-electron chi connectivity index (χ1n) is 8.99. The summed E-state index contributed by atoms with van der Waals surface area (Å²) in [5.41, 5.74) is -0.923. The van der Waals surface area contributed by atoms with E-state index in [4.69, 9.17) is 9.15 Å². The summed E-state index contributed by atoms with van der Waals surface area (Å²) in [6.45, 7) is -0.346. The third-order valence-electron chi connectivity index (χ3n) is 4.55. The molecule has 1 unspecified atom stereocenters. The minimum Gasteiger partial charge on any atom is -0.497 e. The fraction of sp³-hybridized carbons (Fsp3) is 0.190. The van der Waals surface area contributed by atoms with Crippen molar-refractivity contribution < 1.29 is 35.5 Å². The van der Waals surface area contributed by atoms with E-state index in [2.05, 4.69) is 5.32 Å². The normalized spacial score (nSPS) is 12.9. The number of carbonyl (C=O) groups excluding carboxylic acids is 1. The summed E-state index contributed by atoms with van der Waals surface area (Å²) in [4.78, 5) is 12.4. The highest BCUT2D eigenvalue weighted by Crippen LogP contribution is 2.31. The molecule has 0 saturated heterocycles. The monoisotopic (exact) mass is 453 g/mol. The maximum atomic E-state index is 13.2. The lowest BCUT2D eigenvalue weighted by Crippen LogP contribution is -2.31. The van der Waals surface area contributed by atoms with Gasteiger partial charge in [-0.05, 0) is 60.7 Å². The Bertz CT molecular complexity index is 1120. The van der Waals surface area contributed by atoms with E-state index in [0.29, 0.717) is 5.75 Å². The van der Waals surface area contributed by atoms with Crippen molar-refractivity contribution >= 4 is 15.7 Å². The van der Waals surface area contributed by atoms with Gasteiger partial charge in [0.15, 0.2) is 9.84 Å². The fourth-order valence-electron chi connectivity index (χ4n) is 2.87. The number of methoxy groups -OCH3 is 1. The number of amides is 1. The smallest absolute Gasteiger partial charge is 0.416 e. The van der Waals surface area contributed by atoms with Crippen LogP contribution in [-0.2, 0) is 16.0 Å². The lowest BCUT2D eigenvalue weighted by atomic mass is 10.1. The first-order chi connectivity index (χ1) is 14.6. The number of sulfone groups is 1. The zero-order chi connectivity index (χ0) is 22.6. The van der Waals surface area contributed by atoms with E-state index in [9.17, 15) is 26.4 Å². The molecule has 1 amide bonds. The van der Waals surface area contributed by atoms with Crippen molar-refractivity contribution in [2.45, 2.75) is 16.3 Å². The van der Waals surface area contributed by atoms with Gasteiger partial charge in [0.05, 0.1) is 23.8 Å². The van der Waals surface area contributed by atoms with Crippen LogP contribution >= 0.6 is 0 Å². The molecule has 2 aromatic carbocycles. The maximum Gasteiger partial charge on any atom is 0.416 e. The molecule has 1 atom stereocenters. The molecule has 0 spiro atoms. The Balaban J connectivity index is 1.81. The van der Waals surface area contributed by atoms with E-state index >= 15 is 0 Å². The highest BCUT2D eigenvalue weighted by Gasteiger charge is 2.33. The lowest BCUT2D eigenvalue weighted by Gasteiger charge is -2.17. The van der Waals surface area contributed by atoms with Crippen LogP contribution in [0.3, 0.4) is 0 Å². The minimum absolute atomic E-state index is 0.00141. The van der Waals surface area contributed by atoms with Crippen molar-refractivity contribution in [1.29, 1.82) is 0 Å². The molecule has 0 bridgehead atoms.